The monoisotopic (exact) mass is 297 g/mol. The first-order valence-electron chi connectivity index (χ1n) is 6.84. The summed E-state index contributed by atoms with van der Waals surface area (Å²) in [5.74, 6) is 0.960. The minimum Gasteiger partial charge on any atom is -0.490 e. The van der Waals surface area contributed by atoms with E-state index < -0.39 is 0 Å². The van der Waals surface area contributed by atoms with Crippen LogP contribution in [0.2, 0.25) is 0 Å². The van der Waals surface area contributed by atoms with Crippen LogP contribution in [0.4, 0.5) is 4.39 Å². The summed E-state index contributed by atoms with van der Waals surface area (Å²) >= 11 is 1.54. The molecule has 1 aliphatic heterocycles. The normalized spacial score (nSPS) is 18.9. The predicted molar refractivity (Wildman–Crippen MR) is 79.6 cm³/mol. The van der Waals surface area contributed by atoms with E-state index in [-0.39, 0.29) is 17.6 Å². The number of carbonyl (C=O) groups is 1. The van der Waals surface area contributed by atoms with E-state index in [1.807, 2.05) is 11.2 Å². The quantitative estimate of drug-likeness (QED) is 0.837. The molecule has 1 fully saturated rings. The summed E-state index contributed by atoms with van der Waals surface area (Å²) in [7, 11) is 0. The van der Waals surface area contributed by atoms with Crippen LogP contribution >= 0.6 is 11.8 Å². The third-order valence-electron chi connectivity index (χ3n) is 3.45. The van der Waals surface area contributed by atoms with Gasteiger partial charge in [0.15, 0.2) is 11.6 Å². The molecule has 1 saturated heterocycles. The summed E-state index contributed by atoms with van der Waals surface area (Å²) in [6.07, 6.45) is 3.95. The Balaban J connectivity index is 1.84. The lowest BCUT2D eigenvalue weighted by molar-refractivity contribution is -0.130. The summed E-state index contributed by atoms with van der Waals surface area (Å²) in [6, 6.07) is 6.43. The molecule has 1 atom stereocenters. The topological polar surface area (TPSA) is 29.5 Å². The highest BCUT2D eigenvalue weighted by Gasteiger charge is 2.23. The number of piperidine rings is 1. The fraction of sp³-hybridized carbons (Fsp3) is 0.533. The van der Waals surface area contributed by atoms with Gasteiger partial charge in [-0.15, -0.1) is 0 Å². The highest BCUT2D eigenvalue weighted by atomic mass is 32.2. The maximum Gasteiger partial charge on any atom is 0.232 e. The van der Waals surface area contributed by atoms with E-state index in [0.29, 0.717) is 24.7 Å². The molecule has 0 aromatic heterocycles. The molecule has 110 valence electrons. The van der Waals surface area contributed by atoms with Gasteiger partial charge in [-0.2, -0.15) is 11.8 Å². The summed E-state index contributed by atoms with van der Waals surface area (Å²) < 4.78 is 19.0. The number of rotatable bonds is 5. The van der Waals surface area contributed by atoms with Crippen molar-refractivity contribution in [1.82, 2.24) is 4.90 Å². The van der Waals surface area contributed by atoms with Gasteiger partial charge < -0.3 is 9.64 Å². The molecule has 3 nitrogen and oxygen atoms in total. The van der Waals surface area contributed by atoms with E-state index in [1.165, 1.54) is 6.07 Å². The van der Waals surface area contributed by atoms with Gasteiger partial charge in [0, 0.05) is 19.0 Å². The minimum atomic E-state index is -0.335. The lowest BCUT2D eigenvalue weighted by Crippen LogP contribution is -2.42. The molecule has 1 amide bonds. The maximum atomic E-state index is 13.5. The molecule has 1 heterocycles. The van der Waals surface area contributed by atoms with Crippen LogP contribution in [0.3, 0.4) is 0 Å². The molecule has 0 bridgehead atoms. The molecule has 0 spiro atoms. The van der Waals surface area contributed by atoms with Crippen molar-refractivity contribution >= 4 is 17.7 Å². The van der Waals surface area contributed by atoms with E-state index in [4.69, 9.17) is 4.74 Å². The van der Waals surface area contributed by atoms with Gasteiger partial charge in [0.25, 0.3) is 0 Å². The molecular formula is C15H20FNO2S. The highest BCUT2D eigenvalue weighted by Crippen LogP contribution is 2.21. The van der Waals surface area contributed by atoms with Crippen LogP contribution in [0.5, 0.6) is 5.75 Å². The summed E-state index contributed by atoms with van der Waals surface area (Å²) in [6.45, 7) is 2.01. The molecule has 1 aliphatic rings. The Labute approximate surface area is 123 Å². The van der Waals surface area contributed by atoms with Gasteiger partial charge in [-0.3, -0.25) is 4.79 Å². The summed E-state index contributed by atoms with van der Waals surface area (Å²) in [5, 5.41) is 0. The molecular weight excluding hydrogens is 277 g/mol. The van der Waals surface area contributed by atoms with Crippen LogP contribution < -0.4 is 4.74 Å². The van der Waals surface area contributed by atoms with E-state index in [2.05, 4.69) is 0 Å². The maximum absolute atomic E-state index is 13.5. The average Bonchev–Trinajstić information content (AvgIpc) is 2.47. The Morgan fingerprint density at radius 3 is 3.05 bits per heavy atom. The van der Waals surface area contributed by atoms with Gasteiger partial charge in [-0.05, 0) is 31.2 Å². The standard InChI is InChI=1S/C15H20FNO2S/c1-20-11-15(18)17-8-4-5-12(9-17)10-19-14-7-3-2-6-13(14)16/h2-3,6-7,12H,4-5,8-11H2,1H3/t12-/m0/s1. The zero-order valence-corrected chi connectivity index (χ0v) is 12.5. The molecule has 1 aromatic carbocycles. The number of likely N-dealkylation sites (tertiary alicyclic amines) is 1. The Hall–Kier alpha value is -1.23. The van der Waals surface area contributed by atoms with Gasteiger partial charge in [-0.1, -0.05) is 12.1 Å². The SMILES string of the molecule is CSCC(=O)N1CCC[C@H](COc2ccccc2F)C1. The number of hydrogen-bond acceptors (Lipinski definition) is 3. The fourth-order valence-corrected chi connectivity index (χ4v) is 2.84. The van der Waals surface area contributed by atoms with Crippen LogP contribution in [-0.4, -0.2) is 42.5 Å². The first-order valence-corrected chi connectivity index (χ1v) is 8.24. The molecule has 5 heteroatoms. The van der Waals surface area contributed by atoms with Crippen molar-refractivity contribution in [1.29, 1.82) is 0 Å². The van der Waals surface area contributed by atoms with Gasteiger partial charge >= 0.3 is 0 Å². The number of halogens is 1. The largest absolute Gasteiger partial charge is 0.490 e. The Morgan fingerprint density at radius 2 is 2.30 bits per heavy atom. The predicted octanol–water partition coefficient (Wildman–Crippen LogP) is 2.81. The second kappa shape index (κ2) is 7.53. The number of para-hydroxylation sites is 1. The molecule has 0 unspecified atom stereocenters. The van der Waals surface area contributed by atoms with E-state index >= 15 is 0 Å². The van der Waals surface area contributed by atoms with E-state index in [9.17, 15) is 9.18 Å². The molecule has 2 rings (SSSR count). The minimum absolute atomic E-state index is 0.188. The molecule has 0 saturated carbocycles. The van der Waals surface area contributed by atoms with E-state index in [0.717, 1.165) is 19.4 Å². The van der Waals surface area contributed by atoms with Gasteiger partial charge in [-0.25, -0.2) is 4.39 Å². The van der Waals surface area contributed by atoms with Crippen LogP contribution in [-0.2, 0) is 4.79 Å². The molecule has 0 aliphatic carbocycles. The lowest BCUT2D eigenvalue weighted by Gasteiger charge is -2.32. The summed E-state index contributed by atoms with van der Waals surface area (Å²) in [5.41, 5.74) is 0. The lowest BCUT2D eigenvalue weighted by atomic mass is 9.99. The van der Waals surface area contributed by atoms with Crippen molar-refractivity contribution in [3.63, 3.8) is 0 Å². The molecule has 0 N–H and O–H groups in total. The van der Waals surface area contributed by atoms with Crippen molar-refractivity contribution < 1.29 is 13.9 Å². The number of ether oxygens (including phenoxy) is 1. The Bertz CT molecular complexity index is 455. The van der Waals surface area contributed by atoms with Crippen LogP contribution in [0.1, 0.15) is 12.8 Å². The summed E-state index contributed by atoms with van der Waals surface area (Å²) in [4.78, 5) is 13.8. The zero-order chi connectivity index (χ0) is 14.4. The number of amides is 1. The second-order valence-corrected chi connectivity index (χ2v) is 5.89. The average molecular weight is 297 g/mol. The van der Waals surface area contributed by atoms with Crippen LogP contribution in [0.15, 0.2) is 24.3 Å². The highest BCUT2D eigenvalue weighted by molar-refractivity contribution is 7.99. The van der Waals surface area contributed by atoms with Crippen LogP contribution in [0.25, 0.3) is 0 Å². The van der Waals surface area contributed by atoms with Crippen molar-refractivity contribution in [2.24, 2.45) is 5.92 Å². The first-order chi connectivity index (χ1) is 9.70. The number of thioether (sulfide) groups is 1. The van der Waals surface area contributed by atoms with Crippen molar-refractivity contribution in [2.75, 3.05) is 31.7 Å². The van der Waals surface area contributed by atoms with Gasteiger partial charge in [0.1, 0.15) is 0 Å². The third kappa shape index (κ3) is 4.13. The Kier molecular flexibility index (Phi) is 5.71. The van der Waals surface area contributed by atoms with Crippen molar-refractivity contribution in [3.8, 4) is 5.75 Å². The number of nitrogens with zero attached hydrogens (tertiary/aromatic N) is 1. The molecule has 1 aromatic rings. The van der Waals surface area contributed by atoms with Gasteiger partial charge in [0.05, 0.1) is 12.4 Å². The molecule has 20 heavy (non-hydrogen) atoms. The Morgan fingerprint density at radius 1 is 1.50 bits per heavy atom. The van der Waals surface area contributed by atoms with E-state index in [1.54, 1.807) is 30.0 Å². The van der Waals surface area contributed by atoms with Crippen molar-refractivity contribution in [2.45, 2.75) is 12.8 Å². The number of carbonyl (C=O) groups excluding carboxylic acids is 1. The smallest absolute Gasteiger partial charge is 0.232 e. The number of hydrogen-bond donors (Lipinski definition) is 0. The zero-order valence-electron chi connectivity index (χ0n) is 11.7. The van der Waals surface area contributed by atoms with Crippen molar-refractivity contribution in [3.05, 3.63) is 30.1 Å². The fourth-order valence-electron chi connectivity index (χ4n) is 2.41. The third-order valence-corrected chi connectivity index (χ3v) is 3.99. The van der Waals surface area contributed by atoms with Crippen LogP contribution in [0, 0.1) is 11.7 Å². The second-order valence-electron chi connectivity index (χ2n) is 5.02. The first kappa shape index (κ1) is 15.2. The molecule has 0 radical (unpaired) electrons. The number of benzene rings is 1. The van der Waals surface area contributed by atoms with Gasteiger partial charge in [0.2, 0.25) is 5.91 Å².